The summed E-state index contributed by atoms with van der Waals surface area (Å²) in [6, 6.07) is 11.9. The van der Waals surface area contributed by atoms with Gasteiger partial charge in [0.2, 0.25) is 0 Å². The fraction of sp³-hybridized carbons (Fsp3) is 0.269. The zero-order valence-electron chi connectivity index (χ0n) is 19.1. The molecule has 0 aliphatic carbocycles. The van der Waals surface area contributed by atoms with Crippen LogP contribution in [0.25, 0.3) is 0 Å². The molecule has 1 atom stereocenters. The molecule has 8 nitrogen and oxygen atoms in total. The topological polar surface area (TPSA) is 97.3 Å². The van der Waals surface area contributed by atoms with Crippen molar-refractivity contribution in [3.05, 3.63) is 77.0 Å². The van der Waals surface area contributed by atoms with Crippen LogP contribution < -0.4 is 10.6 Å². The van der Waals surface area contributed by atoms with Crippen LogP contribution in [0.5, 0.6) is 5.75 Å². The molecule has 2 aromatic carbocycles. The largest absolute Gasteiger partial charge is 0.506 e. The van der Waals surface area contributed by atoms with Crippen LogP contribution in [-0.4, -0.2) is 58.7 Å². The van der Waals surface area contributed by atoms with Gasteiger partial charge in [-0.3, -0.25) is 19.6 Å². The third-order valence-electron chi connectivity index (χ3n) is 6.39. The van der Waals surface area contributed by atoms with Gasteiger partial charge in [0.05, 0.1) is 18.3 Å². The van der Waals surface area contributed by atoms with E-state index >= 15 is 0 Å². The lowest BCUT2D eigenvalue weighted by Crippen LogP contribution is -2.45. The second kappa shape index (κ2) is 9.93. The third-order valence-corrected chi connectivity index (χ3v) is 6.64. The van der Waals surface area contributed by atoms with E-state index in [0.717, 1.165) is 31.6 Å². The highest BCUT2D eigenvalue weighted by molar-refractivity contribution is 6.30. The Bertz CT molecular complexity index is 1230. The van der Waals surface area contributed by atoms with E-state index in [4.69, 9.17) is 11.6 Å². The molecule has 180 valence electrons. The van der Waals surface area contributed by atoms with Crippen LogP contribution in [0.3, 0.4) is 0 Å². The number of hydrogen-bond acceptors (Lipinski definition) is 5. The molecule has 35 heavy (non-hydrogen) atoms. The molecule has 9 heteroatoms. The molecular formula is C26H26ClN5O3. The first kappa shape index (κ1) is 23.1. The van der Waals surface area contributed by atoms with Crippen LogP contribution in [0.1, 0.15) is 34.8 Å². The maximum atomic E-state index is 13.0. The molecule has 0 aromatic heterocycles. The monoisotopic (exact) mass is 491 g/mol. The Morgan fingerprint density at radius 2 is 1.86 bits per heavy atom. The molecule has 3 N–H and O–H groups in total. The molecule has 2 aromatic rings. The molecule has 1 unspecified atom stereocenters. The normalized spacial score (nSPS) is 18.0. The van der Waals surface area contributed by atoms with Gasteiger partial charge in [0.1, 0.15) is 11.4 Å². The predicted octanol–water partition coefficient (Wildman–Crippen LogP) is 4.72. The van der Waals surface area contributed by atoms with E-state index in [1.54, 1.807) is 42.6 Å². The summed E-state index contributed by atoms with van der Waals surface area (Å²) in [5.41, 5.74) is 3.18. The summed E-state index contributed by atoms with van der Waals surface area (Å²) in [6.07, 6.45) is 7.20. The molecule has 3 aliphatic rings. The van der Waals surface area contributed by atoms with Crippen molar-refractivity contribution >= 4 is 40.6 Å². The van der Waals surface area contributed by atoms with Gasteiger partial charge >= 0.3 is 6.03 Å². The Hall–Kier alpha value is -3.62. The lowest BCUT2D eigenvalue weighted by molar-refractivity contribution is 0.102. The number of phenols is 1. The second-order valence-electron chi connectivity index (χ2n) is 8.70. The number of urea groups is 1. The van der Waals surface area contributed by atoms with Crippen LogP contribution in [-0.2, 0) is 0 Å². The number of benzene rings is 2. The van der Waals surface area contributed by atoms with E-state index in [0.29, 0.717) is 10.6 Å². The molecule has 3 heterocycles. The van der Waals surface area contributed by atoms with Crippen LogP contribution in [0.4, 0.5) is 16.2 Å². The first-order chi connectivity index (χ1) is 17.0. The zero-order chi connectivity index (χ0) is 24.4. The van der Waals surface area contributed by atoms with E-state index in [1.165, 1.54) is 23.1 Å². The Morgan fingerprint density at radius 3 is 2.49 bits per heavy atom. The van der Waals surface area contributed by atoms with Crippen molar-refractivity contribution in [1.29, 1.82) is 0 Å². The van der Waals surface area contributed by atoms with E-state index in [1.807, 2.05) is 12.1 Å². The quantitative estimate of drug-likeness (QED) is 0.509. The summed E-state index contributed by atoms with van der Waals surface area (Å²) in [5.74, 6) is -0.542. The summed E-state index contributed by atoms with van der Waals surface area (Å²) in [5, 5.41) is 16.4. The van der Waals surface area contributed by atoms with Gasteiger partial charge in [-0.2, -0.15) is 0 Å². The average Bonchev–Trinajstić information content (AvgIpc) is 2.78. The van der Waals surface area contributed by atoms with Gasteiger partial charge in [0, 0.05) is 48.6 Å². The number of carbonyl (C=O) groups is 2. The Kier molecular flexibility index (Phi) is 6.57. The van der Waals surface area contributed by atoms with Gasteiger partial charge < -0.3 is 15.7 Å². The van der Waals surface area contributed by atoms with Crippen LogP contribution in [0.15, 0.2) is 70.8 Å². The van der Waals surface area contributed by atoms with E-state index in [-0.39, 0.29) is 35.6 Å². The van der Waals surface area contributed by atoms with E-state index in [9.17, 15) is 14.7 Å². The molecule has 0 bridgehead atoms. The van der Waals surface area contributed by atoms with Crippen molar-refractivity contribution in [1.82, 2.24) is 9.80 Å². The smallest absolute Gasteiger partial charge is 0.326 e. The second-order valence-corrected chi connectivity index (χ2v) is 9.19. The highest BCUT2D eigenvalue weighted by Gasteiger charge is 2.31. The molecule has 1 saturated heterocycles. The van der Waals surface area contributed by atoms with Gasteiger partial charge in [-0.1, -0.05) is 29.8 Å². The lowest BCUT2D eigenvalue weighted by atomic mass is 9.92. The van der Waals surface area contributed by atoms with Crippen molar-refractivity contribution in [3.8, 4) is 5.75 Å². The van der Waals surface area contributed by atoms with Gasteiger partial charge in [0.15, 0.2) is 0 Å². The number of hydrogen-bond donors (Lipinski definition) is 3. The lowest BCUT2D eigenvalue weighted by Gasteiger charge is -2.41. The number of carbonyl (C=O) groups excluding carboxylic acids is 2. The number of anilines is 2. The van der Waals surface area contributed by atoms with Crippen LogP contribution in [0, 0.1) is 0 Å². The van der Waals surface area contributed by atoms with Gasteiger partial charge in [0.25, 0.3) is 5.91 Å². The number of nitrogens with one attached hydrogen (secondary N) is 2. The van der Waals surface area contributed by atoms with Crippen molar-refractivity contribution in [2.75, 3.05) is 36.8 Å². The molecule has 0 spiro atoms. The standard InChI is InChI=1S/C26H26ClN5O3/c27-19-4-2-13-32(16-19)26(35)29-20-5-1-6-22(33)23(20)30-25(34)18-9-7-17(8-10-18)24(21-11-12-28-21)31-14-3-15-31/h1-2,4-10,13,24,33H,3,11-12,14-16H2,(H,29,35)(H,30,34). The van der Waals surface area contributed by atoms with Crippen LogP contribution in [0.2, 0.25) is 0 Å². The van der Waals surface area contributed by atoms with Crippen molar-refractivity contribution in [2.45, 2.75) is 18.9 Å². The zero-order valence-corrected chi connectivity index (χ0v) is 19.8. The Labute approximate surface area is 208 Å². The molecule has 0 radical (unpaired) electrons. The van der Waals surface area contributed by atoms with Gasteiger partial charge in [-0.15, -0.1) is 0 Å². The van der Waals surface area contributed by atoms with E-state index < -0.39 is 6.03 Å². The summed E-state index contributed by atoms with van der Waals surface area (Å²) in [6.45, 7) is 3.24. The number of halogens is 1. The number of aliphatic imine (C=N–C) groups is 1. The third kappa shape index (κ3) is 4.94. The first-order valence-electron chi connectivity index (χ1n) is 11.6. The number of phenolic OH excluding ortho intramolecular Hbond substituents is 1. The number of likely N-dealkylation sites (tertiary alicyclic amines) is 1. The van der Waals surface area contributed by atoms with Crippen molar-refractivity contribution < 1.29 is 14.7 Å². The summed E-state index contributed by atoms with van der Waals surface area (Å²) in [7, 11) is 0. The highest BCUT2D eigenvalue weighted by atomic mass is 35.5. The summed E-state index contributed by atoms with van der Waals surface area (Å²) in [4.78, 5) is 34.1. The minimum atomic E-state index is -0.436. The van der Waals surface area contributed by atoms with E-state index in [2.05, 4.69) is 20.5 Å². The molecule has 1 fully saturated rings. The number of rotatable bonds is 6. The molecule has 3 aliphatic heterocycles. The van der Waals surface area contributed by atoms with Gasteiger partial charge in [-0.25, -0.2) is 4.79 Å². The average molecular weight is 492 g/mol. The number of para-hydroxylation sites is 1. The Morgan fingerprint density at radius 1 is 1.09 bits per heavy atom. The fourth-order valence-corrected chi connectivity index (χ4v) is 4.50. The fourth-order valence-electron chi connectivity index (χ4n) is 4.30. The Balaban J connectivity index is 1.30. The number of aromatic hydroxyl groups is 1. The van der Waals surface area contributed by atoms with Crippen molar-refractivity contribution in [2.24, 2.45) is 4.99 Å². The predicted molar refractivity (Wildman–Crippen MR) is 137 cm³/mol. The first-order valence-corrected chi connectivity index (χ1v) is 12.0. The summed E-state index contributed by atoms with van der Waals surface area (Å²) >= 11 is 6.02. The molecular weight excluding hydrogens is 466 g/mol. The minimum absolute atomic E-state index is 0.125. The SMILES string of the molecule is O=C(Nc1c(O)cccc1NC(=O)N1C=CC=C(Cl)C1)c1ccc(C(C2=NCC2)N2CCC2)cc1. The maximum absolute atomic E-state index is 13.0. The maximum Gasteiger partial charge on any atom is 0.326 e. The number of amides is 3. The molecule has 3 amide bonds. The number of nitrogens with zero attached hydrogens (tertiary/aromatic N) is 3. The summed E-state index contributed by atoms with van der Waals surface area (Å²) < 4.78 is 0. The highest BCUT2D eigenvalue weighted by Crippen LogP contribution is 2.34. The molecule has 5 rings (SSSR count). The molecule has 0 saturated carbocycles. The van der Waals surface area contributed by atoms with Crippen molar-refractivity contribution in [3.63, 3.8) is 0 Å². The van der Waals surface area contributed by atoms with Crippen LogP contribution >= 0.6 is 11.6 Å². The van der Waals surface area contributed by atoms with Gasteiger partial charge in [-0.05, 0) is 48.4 Å². The minimum Gasteiger partial charge on any atom is -0.506 e. The number of allylic oxidation sites excluding steroid dienone is 2.